The summed E-state index contributed by atoms with van der Waals surface area (Å²) in [5, 5.41) is 20.3. The molecular formula is C16H16N2O7S. The second kappa shape index (κ2) is 7.40. The smallest absolute Gasteiger partial charge is 0.327 e. The number of non-ortho nitro benzene ring substituents is 1. The molecule has 0 saturated heterocycles. The first-order chi connectivity index (χ1) is 12.2. The van der Waals surface area contributed by atoms with Crippen molar-refractivity contribution in [1.82, 2.24) is 0 Å². The van der Waals surface area contributed by atoms with Gasteiger partial charge in [-0.15, -0.1) is 0 Å². The number of nitro groups is 1. The number of carbonyl (C=O) groups is 1. The number of nitro benzene ring substituents is 1. The molecular weight excluding hydrogens is 364 g/mol. The lowest BCUT2D eigenvalue weighted by Gasteiger charge is -2.29. The molecule has 0 fully saturated rings. The largest absolute Gasteiger partial charge is 0.495 e. The van der Waals surface area contributed by atoms with Gasteiger partial charge < -0.3 is 9.84 Å². The van der Waals surface area contributed by atoms with Gasteiger partial charge in [0.25, 0.3) is 15.7 Å². The molecule has 1 unspecified atom stereocenters. The van der Waals surface area contributed by atoms with Crippen LogP contribution in [-0.4, -0.2) is 37.6 Å². The number of anilines is 1. The summed E-state index contributed by atoms with van der Waals surface area (Å²) >= 11 is 0. The molecule has 0 aliphatic carbocycles. The summed E-state index contributed by atoms with van der Waals surface area (Å²) in [6.45, 7) is 1.20. The third kappa shape index (κ3) is 3.59. The lowest BCUT2D eigenvalue weighted by atomic mass is 10.2. The monoisotopic (exact) mass is 380 g/mol. The number of para-hydroxylation sites is 2. The van der Waals surface area contributed by atoms with Gasteiger partial charge in [0.05, 0.1) is 22.6 Å². The first-order valence-electron chi connectivity index (χ1n) is 7.35. The quantitative estimate of drug-likeness (QED) is 0.576. The molecule has 138 valence electrons. The molecule has 0 spiro atoms. The van der Waals surface area contributed by atoms with Crippen molar-refractivity contribution >= 4 is 27.4 Å². The first-order valence-corrected chi connectivity index (χ1v) is 8.79. The number of ether oxygens (including phenoxy) is 1. The SMILES string of the molecule is COc1ccccc1N(C(C)C(=O)O)S(=O)(=O)c1cccc([N+](=O)[O-])c1. The summed E-state index contributed by atoms with van der Waals surface area (Å²) in [7, 11) is -3.10. The lowest BCUT2D eigenvalue weighted by Crippen LogP contribution is -2.43. The van der Waals surface area contributed by atoms with E-state index in [1.54, 1.807) is 6.07 Å². The standard InChI is InChI=1S/C16H16N2O7S/c1-11(16(19)20)17(14-8-3-4-9-15(14)25-2)26(23,24)13-7-5-6-12(10-13)18(21)22/h3-11H,1-2H3,(H,19,20). The van der Waals surface area contributed by atoms with E-state index >= 15 is 0 Å². The van der Waals surface area contributed by atoms with Crippen LogP contribution in [0.25, 0.3) is 0 Å². The van der Waals surface area contributed by atoms with Gasteiger partial charge in [0.15, 0.2) is 0 Å². The fourth-order valence-electron chi connectivity index (χ4n) is 2.33. The van der Waals surface area contributed by atoms with Crippen molar-refractivity contribution < 1.29 is 28.0 Å². The Labute approximate surface area is 149 Å². The van der Waals surface area contributed by atoms with Gasteiger partial charge in [-0.05, 0) is 25.1 Å². The summed E-state index contributed by atoms with van der Waals surface area (Å²) in [4.78, 5) is 21.3. The Morgan fingerprint density at radius 3 is 2.46 bits per heavy atom. The van der Waals surface area contributed by atoms with E-state index in [1.807, 2.05) is 0 Å². The van der Waals surface area contributed by atoms with Crippen LogP contribution in [0, 0.1) is 10.1 Å². The van der Waals surface area contributed by atoms with Crippen molar-refractivity contribution in [3.05, 3.63) is 58.6 Å². The van der Waals surface area contributed by atoms with E-state index in [0.29, 0.717) is 4.31 Å². The van der Waals surface area contributed by atoms with E-state index in [-0.39, 0.29) is 11.4 Å². The highest BCUT2D eigenvalue weighted by Gasteiger charge is 2.35. The van der Waals surface area contributed by atoms with Crippen molar-refractivity contribution in [1.29, 1.82) is 0 Å². The van der Waals surface area contributed by atoms with Crippen LogP contribution in [0.3, 0.4) is 0 Å². The van der Waals surface area contributed by atoms with Gasteiger partial charge in [-0.2, -0.15) is 0 Å². The molecule has 2 aromatic rings. The van der Waals surface area contributed by atoms with Crippen LogP contribution in [0.1, 0.15) is 6.92 Å². The van der Waals surface area contributed by atoms with Gasteiger partial charge in [0.1, 0.15) is 11.8 Å². The normalized spacial score (nSPS) is 12.2. The van der Waals surface area contributed by atoms with Gasteiger partial charge in [0.2, 0.25) is 0 Å². The van der Waals surface area contributed by atoms with Crippen LogP contribution >= 0.6 is 0 Å². The van der Waals surface area contributed by atoms with E-state index < -0.39 is 37.5 Å². The van der Waals surface area contributed by atoms with E-state index in [2.05, 4.69) is 0 Å². The number of hydrogen-bond acceptors (Lipinski definition) is 6. The molecule has 0 amide bonds. The summed E-state index contributed by atoms with van der Waals surface area (Å²) in [6.07, 6.45) is 0. The molecule has 2 aromatic carbocycles. The van der Waals surface area contributed by atoms with Crippen LogP contribution < -0.4 is 9.04 Å². The molecule has 0 heterocycles. The summed E-state index contributed by atoms with van der Waals surface area (Å²) in [6, 6.07) is 8.95. The molecule has 0 aliphatic rings. The van der Waals surface area contributed by atoms with Crippen LogP contribution in [-0.2, 0) is 14.8 Å². The molecule has 0 aliphatic heterocycles. The number of sulfonamides is 1. The highest BCUT2D eigenvalue weighted by molar-refractivity contribution is 7.93. The maximum Gasteiger partial charge on any atom is 0.327 e. The fraction of sp³-hybridized carbons (Fsp3) is 0.188. The van der Waals surface area contributed by atoms with Crippen LogP contribution in [0.4, 0.5) is 11.4 Å². The van der Waals surface area contributed by atoms with Crippen molar-refractivity contribution in [2.75, 3.05) is 11.4 Å². The number of carboxylic acid groups (broad SMARTS) is 1. The minimum absolute atomic E-state index is 0.0106. The zero-order valence-electron chi connectivity index (χ0n) is 13.9. The van der Waals surface area contributed by atoms with Crippen molar-refractivity contribution in [3.63, 3.8) is 0 Å². The highest BCUT2D eigenvalue weighted by atomic mass is 32.2. The van der Waals surface area contributed by atoms with Gasteiger partial charge in [0, 0.05) is 12.1 Å². The van der Waals surface area contributed by atoms with Crippen molar-refractivity contribution in [3.8, 4) is 5.75 Å². The van der Waals surface area contributed by atoms with Crippen LogP contribution in [0.15, 0.2) is 53.4 Å². The molecule has 1 N–H and O–H groups in total. The average Bonchev–Trinajstić information content (AvgIpc) is 2.62. The third-order valence-corrected chi connectivity index (χ3v) is 5.50. The van der Waals surface area contributed by atoms with Gasteiger partial charge in [-0.1, -0.05) is 18.2 Å². The molecule has 0 saturated carbocycles. The second-order valence-corrected chi connectivity index (χ2v) is 7.06. The molecule has 0 radical (unpaired) electrons. The molecule has 0 bridgehead atoms. The number of hydrogen-bond donors (Lipinski definition) is 1. The zero-order valence-corrected chi connectivity index (χ0v) is 14.7. The van der Waals surface area contributed by atoms with Crippen LogP contribution in [0.2, 0.25) is 0 Å². The average molecular weight is 380 g/mol. The highest BCUT2D eigenvalue weighted by Crippen LogP contribution is 2.34. The molecule has 0 aromatic heterocycles. The van der Waals surface area contributed by atoms with Gasteiger partial charge in [-0.25, -0.2) is 17.5 Å². The zero-order chi connectivity index (χ0) is 19.5. The summed E-state index contributed by atoms with van der Waals surface area (Å²) in [5.74, 6) is -1.24. The van der Waals surface area contributed by atoms with E-state index in [4.69, 9.17) is 4.74 Å². The number of benzene rings is 2. The Morgan fingerprint density at radius 1 is 1.23 bits per heavy atom. The Bertz CT molecular complexity index is 943. The van der Waals surface area contributed by atoms with E-state index in [9.17, 15) is 28.4 Å². The third-order valence-electron chi connectivity index (χ3n) is 3.62. The molecule has 9 nitrogen and oxygen atoms in total. The van der Waals surface area contributed by atoms with Gasteiger partial charge >= 0.3 is 5.97 Å². The van der Waals surface area contributed by atoms with Crippen molar-refractivity contribution in [2.24, 2.45) is 0 Å². The Hall–Kier alpha value is -3.14. The Balaban J connectivity index is 2.70. The topological polar surface area (TPSA) is 127 Å². The minimum atomic E-state index is -4.42. The molecule has 2 rings (SSSR count). The number of methoxy groups -OCH3 is 1. The number of carboxylic acids is 1. The maximum absolute atomic E-state index is 13.1. The fourth-order valence-corrected chi connectivity index (χ4v) is 3.99. The van der Waals surface area contributed by atoms with E-state index in [0.717, 1.165) is 12.1 Å². The maximum atomic E-state index is 13.1. The lowest BCUT2D eigenvalue weighted by molar-refractivity contribution is -0.385. The Kier molecular flexibility index (Phi) is 5.46. The molecule has 26 heavy (non-hydrogen) atoms. The molecule has 1 atom stereocenters. The summed E-state index contributed by atoms with van der Waals surface area (Å²) in [5.41, 5.74) is -0.412. The van der Waals surface area contributed by atoms with Crippen LogP contribution in [0.5, 0.6) is 5.75 Å². The second-order valence-electron chi connectivity index (χ2n) is 5.24. The number of rotatable bonds is 7. The van der Waals surface area contributed by atoms with E-state index in [1.165, 1.54) is 44.4 Å². The first kappa shape index (κ1) is 19.2. The molecule has 10 heteroatoms. The summed E-state index contributed by atoms with van der Waals surface area (Å²) < 4.78 is 32.0. The number of aliphatic carboxylic acids is 1. The minimum Gasteiger partial charge on any atom is -0.495 e. The predicted octanol–water partition coefficient (Wildman–Crippen LogP) is 2.27. The predicted molar refractivity (Wildman–Crippen MR) is 92.9 cm³/mol. The number of nitrogens with zero attached hydrogens (tertiary/aromatic N) is 2. The van der Waals surface area contributed by atoms with Crippen molar-refractivity contribution in [2.45, 2.75) is 17.9 Å². The Morgan fingerprint density at radius 2 is 1.88 bits per heavy atom. The van der Waals surface area contributed by atoms with Gasteiger partial charge in [-0.3, -0.25) is 10.1 Å².